The first-order valence-corrected chi connectivity index (χ1v) is 8.85. The number of rotatable bonds is 2. The number of thiophene rings is 2. The quantitative estimate of drug-likeness (QED) is 0.716. The molecule has 0 fully saturated rings. The molecule has 4 rings (SSSR count). The van der Waals surface area contributed by atoms with Crippen LogP contribution in [0.15, 0.2) is 35.7 Å². The zero-order chi connectivity index (χ0) is 13.5. The number of fused-ring (bicyclic) bond motifs is 2. The molecule has 1 aliphatic rings. The lowest BCUT2D eigenvalue weighted by atomic mass is 9.89. The third kappa shape index (κ3) is 2.10. The summed E-state index contributed by atoms with van der Waals surface area (Å²) in [4.78, 5) is 1.28. The van der Waals surface area contributed by atoms with Gasteiger partial charge in [-0.05, 0) is 59.9 Å². The van der Waals surface area contributed by atoms with Crippen molar-refractivity contribution in [1.82, 2.24) is 0 Å². The highest BCUT2D eigenvalue weighted by molar-refractivity contribution is 7.27. The molecule has 20 heavy (non-hydrogen) atoms. The molecule has 1 nitrogen and oxygen atoms in total. The van der Waals surface area contributed by atoms with Crippen molar-refractivity contribution in [2.45, 2.75) is 31.7 Å². The number of hydrogen-bond acceptors (Lipinski definition) is 3. The van der Waals surface area contributed by atoms with Gasteiger partial charge in [-0.1, -0.05) is 18.2 Å². The second-order valence-corrected chi connectivity index (χ2v) is 7.57. The molecule has 102 valence electrons. The second kappa shape index (κ2) is 4.99. The minimum atomic E-state index is 0.0202. The molecule has 0 spiro atoms. The van der Waals surface area contributed by atoms with Crippen molar-refractivity contribution in [1.29, 1.82) is 0 Å². The highest BCUT2D eigenvalue weighted by atomic mass is 32.1. The molecule has 1 aliphatic carbocycles. The molecule has 1 atom stereocenters. The summed E-state index contributed by atoms with van der Waals surface area (Å²) in [5, 5.41) is 2.15. The van der Waals surface area contributed by atoms with Crippen LogP contribution in [0.5, 0.6) is 0 Å². The number of aryl methyl sites for hydroxylation is 2. The van der Waals surface area contributed by atoms with E-state index in [0.29, 0.717) is 0 Å². The molecule has 1 aromatic carbocycles. The van der Waals surface area contributed by atoms with Gasteiger partial charge in [0.25, 0.3) is 0 Å². The van der Waals surface area contributed by atoms with Gasteiger partial charge in [0.2, 0.25) is 0 Å². The molecule has 0 radical (unpaired) electrons. The van der Waals surface area contributed by atoms with Gasteiger partial charge in [-0.2, -0.15) is 0 Å². The lowest BCUT2D eigenvalue weighted by Gasteiger charge is -2.18. The standard InChI is InChI=1S/C17H17NS2/c18-17(16-10-15-14(20-16)7-8-19-15)13-6-5-11-3-1-2-4-12(11)9-13/h5-10,17H,1-4,18H2. The van der Waals surface area contributed by atoms with E-state index in [2.05, 4.69) is 35.7 Å². The molecule has 0 amide bonds. The van der Waals surface area contributed by atoms with Gasteiger partial charge in [-0.25, -0.2) is 0 Å². The average Bonchev–Trinajstić information content (AvgIpc) is 3.07. The van der Waals surface area contributed by atoms with Crippen LogP contribution in [0, 0.1) is 0 Å². The molecule has 0 bridgehead atoms. The summed E-state index contributed by atoms with van der Waals surface area (Å²) < 4.78 is 2.72. The summed E-state index contributed by atoms with van der Waals surface area (Å²) >= 11 is 3.63. The summed E-state index contributed by atoms with van der Waals surface area (Å²) in [7, 11) is 0. The Morgan fingerprint density at radius 1 is 0.950 bits per heavy atom. The van der Waals surface area contributed by atoms with Crippen LogP contribution < -0.4 is 5.73 Å². The molecule has 2 aromatic heterocycles. The fraction of sp³-hybridized carbons (Fsp3) is 0.294. The van der Waals surface area contributed by atoms with Crippen molar-refractivity contribution in [3.63, 3.8) is 0 Å². The summed E-state index contributed by atoms with van der Waals surface area (Å²) in [6.07, 6.45) is 5.11. The maximum absolute atomic E-state index is 6.49. The van der Waals surface area contributed by atoms with Gasteiger partial charge in [0.05, 0.1) is 6.04 Å². The Kier molecular flexibility index (Phi) is 3.14. The number of benzene rings is 1. The van der Waals surface area contributed by atoms with Crippen LogP contribution in [0.4, 0.5) is 0 Å². The van der Waals surface area contributed by atoms with Gasteiger partial charge in [-0.3, -0.25) is 0 Å². The van der Waals surface area contributed by atoms with Gasteiger partial charge in [0.1, 0.15) is 0 Å². The molecule has 3 aromatic rings. The number of nitrogens with two attached hydrogens (primary N) is 1. The van der Waals surface area contributed by atoms with E-state index in [4.69, 9.17) is 5.73 Å². The van der Waals surface area contributed by atoms with Gasteiger partial charge in [0, 0.05) is 14.3 Å². The monoisotopic (exact) mass is 299 g/mol. The van der Waals surface area contributed by atoms with Gasteiger partial charge in [0.15, 0.2) is 0 Å². The third-order valence-electron chi connectivity index (χ3n) is 4.20. The third-order valence-corrected chi connectivity index (χ3v) is 6.37. The lowest BCUT2D eigenvalue weighted by Crippen LogP contribution is -2.12. The first kappa shape index (κ1) is 12.6. The Balaban J connectivity index is 1.70. The highest BCUT2D eigenvalue weighted by Crippen LogP contribution is 2.35. The van der Waals surface area contributed by atoms with Gasteiger partial charge < -0.3 is 5.73 Å². The minimum Gasteiger partial charge on any atom is -0.320 e. The Morgan fingerprint density at radius 3 is 2.65 bits per heavy atom. The number of hydrogen-bond donors (Lipinski definition) is 1. The Morgan fingerprint density at radius 2 is 1.80 bits per heavy atom. The van der Waals surface area contributed by atoms with Crippen molar-refractivity contribution in [3.8, 4) is 0 Å². The minimum absolute atomic E-state index is 0.0202. The molecule has 0 aliphatic heterocycles. The maximum atomic E-state index is 6.49. The first-order chi connectivity index (χ1) is 9.81. The Hall–Kier alpha value is -1.16. The van der Waals surface area contributed by atoms with Crippen LogP contribution in [0.3, 0.4) is 0 Å². The normalized spacial score (nSPS) is 16.2. The summed E-state index contributed by atoms with van der Waals surface area (Å²) in [6.45, 7) is 0. The summed E-state index contributed by atoms with van der Waals surface area (Å²) in [5.74, 6) is 0. The molecular weight excluding hydrogens is 282 g/mol. The van der Waals surface area contributed by atoms with Crippen molar-refractivity contribution < 1.29 is 0 Å². The van der Waals surface area contributed by atoms with E-state index in [9.17, 15) is 0 Å². The van der Waals surface area contributed by atoms with E-state index in [1.165, 1.54) is 56.7 Å². The lowest BCUT2D eigenvalue weighted by molar-refractivity contribution is 0.683. The average molecular weight is 299 g/mol. The molecular formula is C17H17NS2. The summed E-state index contributed by atoms with van der Waals surface area (Å²) in [6, 6.07) is 11.3. The van der Waals surface area contributed by atoms with E-state index in [1.807, 2.05) is 11.3 Å². The molecule has 2 N–H and O–H groups in total. The molecule has 0 saturated heterocycles. The predicted octanol–water partition coefficient (Wildman–Crippen LogP) is 4.89. The van der Waals surface area contributed by atoms with E-state index in [0.717, 1.165) is 0 Å². The van der Waals surface area contributed by atoms with Crippen LogP contribution in [-0.2, 0) is 12.8 Å². The zero-order valence-electron chi connectivity index (χ0n) is 11.3. The first-order valence-electron chi connectivity index (χ1n) is 7.15. The van der Waals surface area contributed by atoms with Crippen LogP contribution in [0.1, 0.15) is 40.5 Å². The Labute approximate surface area is 127 Å². The Bertz CT molecular complexity index is 725. The van der Waals surface area contributed by atoms with E-state index < -0.39 is 0 Å². The van der Waals surface area contributed by atoms with Gasteiger partial charge >= 0.3 is 0 Å². The topological polar surface area (TPSA) is 26.0 Å². The zero-order valence-corrected chi connectivity index (χ0v) is 12.9. The van der Waals surface area contributed by atoms with Crippen molar-refractivity contribution in [2.24, 2.45) is 5.73 Å². The fourth-order valence-corrected chi connectivity index (χ4v) is 5.20. The van der Waals surface area contributed by atoms with E-state index in [1.54, 1.807) is 11.3 Å². The van der Waals surface area contributed by atoms with Crippen molar-refractivity contribution >= 4 is 32.1 Å². The van der Waals surface area contributed by atoms with Crippen LogP contribution >= 0.6 is 22.7 Å². The maximum Gasteiger partial charge on any atom is 0.0646 e. The van der Waals surface area contributed by atoms with Crippen LogP contribution in [0.25, 0.3) is 9.40 Å². The SMILES string of the molecule is NC(c1ccc2c(c1)CCCC2)c1cc2sccc2s1. The molecule has 2 heterocycles. The molecule has 1 unspecified atom stereocenters. The predicted molar refractivity (Wildman–Crippen MR) is 88.8 cm³/mol. The second-order valence-electron chi connectivity index (χ2n) is 5.51. The van der Waals surface area contributed by atoms with Gasteiger partial charge in [-0.15, -0.1) is 22.7 Å². The van der Waals surface area contributed by atoms with Crippen molar-refractivity contribution in [2.75, 3.05) is 0 Å². The van der Waals surface area contributed by atoms with E-state index in [-0.39, 0.29) is 6.04 Å². The smallest absolute Gasteiger partial charge is 0.0646 e. The van der Waals surface area contributed by atoms with Crippen molar-refractivity contribution in [3.05, 3.63) is 57.3 Å². The molecule has 3 heteroatoms. The van der Waals surface area contributed by atoms with Crippen LogP contribution in [-0.4, -0.2) is 0 Å². The van der Waals surface area contributed by atoms with E-state index >= 15 is 0 Å². The highest BCUT2D eigenvalue weighted by Gasteiger charge is 2.16. The largest absolute Gasteiger partial charge is 0.320 e. The molecule has 0 saturated carbocycles. The summed E-state index contributed by atoms with van der Waals surface area (Å²) in [5.41, 5.74) is 10.8. The fourth-order valence-electron chi connectivity index (χ4n) is 3.05. The van der Waals surface area contributed by atoms with Crippen LogP contribution in [0.2, 0.25) is 0 Å².